The average Bonchev–Trinajstić information content (AvgIpc) is 2.80. The largest absolute Gasteiger partial charge is 0.338 e. The predicted molar refractivity (Wildman–Crippen MR) is 86.2 cm³/mol. The number of hydrogen-bond acceptors (Lipinski definition) is 4. The van der Waals surface area contributed by atoms with Crippen molar-refractivity contribution in [3.05, 3.63) is 15.4 Å². The van der Waals surface area contributed by atoms with Gasteiger partial charge in [0.15, 0.2) is 0 Å². The van der Waals surface area contributed by atoms with Crippen molar-refractivity contribution >= 4 is 43.3 Å². The highest BCUT2D eigenvalue weighted by molar-refractivity contribution is 9.11. The van der Waals surface area contributed by atoms with Crippen LogP contribution < -0.4 is 5.32 Å². The molecule has 2 heterocycles. The van der Waals surface area contributed by atoms with Crippen LogP contribution in [0.1, 0.15) is 12.5 Å². The van der Waals surface area contributed by atoms with E-state index in [1.165, 1.54) is 15.6 Å². The lowest BCUT2D eigenvalue weighted by Crippen LogP contribution is -2.52. The van der Waals surface area contributed by atoms with Crippen LogP contribution in [-0.4, -0.2) is 56.4 Å². The highest BCUT2D eigenvalue weighted by Crippen LogP contribution is 2.32. The van der Waals surface area contributed by atoms with Crippen molar-refractivity contribution in [2.24, 2.45) is 0 Å². The van der Waals surface area contributed by atoms with Crippen LogP contribution in [0.5, 0.6) is 0 Å². The van der Waals surface area contributed by atoms with Gasteiger partial charge in [0, 0.05) is 32.7 Å². The van der Waals surface area contributed by atoms with Crippen molar-refractivity contribution in [2.45, 2.75) is 18.1 Å². The van der Waals surface area contributed by atoms with Crippen LogP contribution >= 0.6 is 27.3 Å². The summed E-state index contributed by atoms with van der Waals surface area (Å²) in [6.45, 7) is 5.78. The molecule has 2 rings (SSSR count). The molecule has 0 saturated carbocycles. The number of urea groups is 1. The molecule has 1 N–H and O–H groups in total. The number of nitrogens with one attached hydrogen (secondary N) is 1. The number of sulfonamides is 1. The van der Waals surface area contributed by atoms with E-state index < -0.39 is 10.0 Å². The Morgan fingerprint density at radius 3 is 2.48 bits per heavy atom. The predicted octanol–water partition coefficient (Wildman–Crippen LogP) is 1.85. The fraction of sp³-hybridized carbons (Fsp3) is 0.583. The first kappa shape index (κ1) is 16.7. The summed E-state index contributed by atoms with van der Waals surface area (Å²) in [5, 5.41) is 2.73. The smallest absolute Gasteiger partial charge is 0.317 e. The third-order valence-electron chi connectivity index (χ3n) is 3.28. The normalized spacial score (nSPS) is 17.0. The number of nitrogens with zero attached hydrogens (tertiary/aromatic N) is 2. The fourth-order valence-electron chi connectivity index (χ4n) is 2.08. The van der Waals surface area contributed by atoms with Gasteiger partial charge in [-0.05, 0) is 41.4 Å². The minimum Gasteiger partial charge on any atom is -0.338 e. The van der Waals surface area contributed by atoms with E-state index in [-0.39, 0.29) is 6.03 Å². The van der Waals surface area contributed by atoms with E-state index in [4.69, 9.17) is 0 Å². The molecule has 21 heavy (non-hydrogen) atoms. The van der Waals surface area contributed by atoms with Crippen molar-refractivity contribution in [3.8, 4) is 0 Å². The number of piperazine rings is 1. The van der Waals surface area contributed by atoms with Crippen molar-refractivity contribution in [3.63, 3.8) is 0 Å². The van der Waals surface area contributed by atoms with Crippen LogP contribution in [0.3, 0.4) is 0 Å². The topological polar surface area (TPSA) is 69.7 Å². The number of aryl methyl sites for hydroxylation is 1. The Bertz CT molecular complexity index is 602. The summed E-state index contributed by atoms with van der Waals surface area (Å²) in [5.41, 5.74) is 0.916. The summed E-state index contributed by atoms with van der Waals surface area (Å²) in [6, 6.07) is 1.55. The van der Waals surface area contributed by atoms with E-state index in [1.54, 1.807) is 11.0 Å². The molecule has 9 heteroatoms. The SMILES string of the molecule is CCNC(=O)N1CCN(S(=O)(=O)c2cc(C)c(Br)s2)CC1. The number of halogens is 1. The monoisotopic (exact) mass is 395 g/mol. The minimum absolute atomic E-state index is 0.135. The van der Waals surface area contributed by atoms with Gasteiger partial charge < -0.3 is 10.2 Å². The highest BCUT2D eigenvalue weighted by Gasteiger charge is 2.31. The first-order valence-corrected chi connectivity index (χ1v) is 9.70. The molecule has 6 nitrogen and oxygen atoms in total. The zero-order valence-electron chi connectivity index (χ0n) is 11.9. The number of carbonyl (C=O) groups is 1. The first-order valence-electron chi connectivity index (χ1n) is 6.65. The van der Waals surface area contributed by atoms with Crippen molar-refractivity contribution in [1.29, 1.82) is 0 Å². The van der Waals surface area contributed by atoms with Gasteiger partial charge >= 0.3 is 6.03 Å². The molecule has 1 saturated heterocycles. The van der Waals surface area contributed by atoms with Crippen molar-refractivity contribution in [2.75, 3.05) is 32.7 Å². The molecule has 0 spiro atoms. The van der Waals surface area contributed by atoms with Crippen molar-refractivity contribution in [1.82, 2.24) is 14.5 Å². The van der Waals surface area contributed by atoms with Gasteiger partial charge in [0.1, 0.15) is 4.21 Å². The maximum absolute atomic E-state index is 12.6. The molecule has 1 aromatic rings. The van der Waals surface area contributed by atoms with Crippen molar-refractivity contribution < 1.29 is 13.2 Å². The maximum Gasteiger partial charge on any atom is 0.317 e. The molecule has 0 atom stereocenters. The Morgan fingerprint density at radius 1 is 1.38 bits per heavy atom. The summed E-state index contributed by atoms with van der Waals surface area (Å²) in [7, 11) is -3.46. The van der Waals surface area contributed by atoms with Crippen LogP contribution in [0.2, 0.25) is 0 Å². The van der Waals surface area contributed by atoms with Gasteiger partial charge in [-0.15, -0.1) is 11.3 Å². The van der Waals surface area contributed by atoms with Crippen LogP contribution in [-0.2, 0) is 10.0 Å². The molecule has 2 amide bonds. The zero-order valence-corrected chi connectivity index (χ0v) is 15.1. The standard InChI is InChI=1S/C12H18BrN3O3S2/c1-3-14-12(17)15-4-6-16(7-5-15)21(18,19)10-8-9(2)11(13)20-10/h8H,3-7H2,1-2H3,(H,14,17). The van der Waals surface area contributed by atoms with Gasteiger partial charge in [0.25, 0.3) is 10.0 Å². The second-order valence-corrected chi connectivity index (χ2v) is 9.28. The highest BCUT2D eigenvalue weighted by atomic mass is 79.9. The van der Waals surface area contributed by atoms with E-state index in [1.807, 2.05) is 13.8 Å². The van der Waals surface area contributed by atoms with Gasteiger partial charge in [-0.2, -0.15) is 4.31 Å². The molecule has 0 aromatic carbocycles. The molecule has 0 unspecified atom stereocenters. The molecule has 1 aromatic heterocycles. The Kier molecular flexibility index (Phi) is 5.29. The second kappa shape index (κ2) is 6.64. The fourth-order valence-corrected chi connectivity index (χ4v) is 5.88. The third kappa shape index (κ3) is 3.58. The number of carbonyl (C=O) groups excluding carboxylic acids is 1. The second-order valence-electron chi connectivity index (χ2n) is 4.75. The van der Waals surface area contributed by atoms with E-state index >= 15 is 0 Å². The lowest BCUT2D eigenvalue weighted by molar-refractivity contribution is 0.173. The van der Waals surface area contributed by atoms with E-state index in [0.717, 1.165) is 9.35 Å². The molecule has 1 fully saturated rings. The zero-order chi connectivity index (χ0) is 15.6. The van der Waals surface area contributed by atoms with Gasteiger partial charge in [-0.3, -0.25) is 0 Å². The van der Waals surface area contributed by atoms with Gasteiger partial charge in [0.05, 0.1) is 3.79 Å². The third-order valence-corrected chi connectivity index (χ3v) is 7.77. The van der Waals surface area contributed by atoms with Crippen LogP contribution in [0.4, 0.5) is 4.79 Å². The van der Waals surface area contributed by atoms with Gasteiger partial charge in [0.2, 0.25) is 0 Å². The van der Waals surface area contributed by atoms with Gasteiger partial charge in [-0.1, -0.05) is 0 Å². The molecular weight excluding hydrogens is 378 g/mol. The summed E-state index contributed by atoms with van der Waals surface area (Å²) in [6.07, 6.45) is 0. The Morgan fingerprint density at radius 2 is 2.00 bits per heavy atom. The lowest BCUT2D eigenvalue weighted by atomic mass is 10.4. The summed E-state index contributed by atoms with van der Waals surface area (Å²) >= 11 is 4.58. The number of rotatable bonds is 3. The number of hydrogen-bond donors (Lipinski definition) is 1. The molecule has 0 bridgehead atoms. The van der Waals surface area contributed by atoms with E-state index in [0.29, 0.717) is 36.9 Å². The van der Waals surface area contributed by atoms with Crippen LogP contribution in [0.25, 0.3) is 0 Å². The molecule has 1 aliphatic rings. The molecule has 0 radical (unpaired) electrons. The minimum atomic E-state index is -3.46. The van der Waals surface area contributed by atoms with Crippen LogP contribution in [0, 0.1) is 6.92 Å². The van der Waals surface area contributed by atoms with Gasteiger partial charge in [-0.25, -0.2) is 13.2 Å². The molecular formula is C12H18BrN3O3S2. The van der Waals surface area contributed by atoms with E-state index in [9.17, 15) is 13.2 Å². The number of amides is 2. The quantitative estimate of drug-likeness (QED) is 0.848. The summed E-state index contributed by atoms with van der Waals surface area (Å²) < 4.78 is 27.7. The summed E-state index contributed by atoms with van der Waals surface area (Å²) in [5.74, 6) is 0. The van der Waals surface area contributed by atoms with E-state index in [2.05, 4.69) is 21.2 Å². The summed E-state index contributed by atoms with van der Waals surface area (Å²) in [4.78, 5) is 13.4. The Balaban J connectivity index is 2.06. The molecule has 1 aliphatic heterocycles. The lowest BCUT2D eigenvalue weighted by Gasteiger charge is -2.33. The Labute approximate surface area is 137 Å². The molecule has 0 aliphatic carbocycles. The van der Waals surface area contributed by atoms with Crippen LogP contribution in [0.15, 0.2) is 14.1 Å². The maximum atomic E-state index is 12.6. The number of thiophene rings is 1. The Hall–Kier alpha value is -0.640. The average molecular weight is 396 g/mol. The first-order chi connectivity index (χ1) is 9.86. The molecule has 118 valence electrons.